The van der Waals surface area contributed by atoms with E-state index in [2.05, 4.69) is 30.4 Å². The van der Waals surface area contributed by atoms with Crippen LogP contribution in [0, 0.1) is 6.92 Å². The average molecular weight is 233 g/mol. The van der Waals surface area contributed by atoms with Crippen molar-refractivity contribution in [3.63, 3.8) is 0 Å². The zero-order valence-electron chi connectivity index (χ0n) is 11.1. The summed E-state index contributed by atoms with van der Waals surface area (Å²) in [7, 11) is 0. The summed E-state index contributed by atoms with van der Waals surface area (Å²) in [5.41, 5.74) is 3.62. The first-order chi connectivity index (χ1) is 8.02. The van der Waals surface area contributed by atoms with Gasteiger partial charge in [-0.3, -0.25) is 0 Å². The van der Waals surface area contributed by atoms with Gasteiger partial charge in [0.1, 0.15) is 0 Å². The van der Waals surface area contributed by atoms with Gasteiger partial charge in [-0.05, 0) is 44.2 Å². The SMILES string of the molecule is CCC(C)(O)CNC1CCc2ccc(C)cc21. The van der Waals surface area contributed by atoms with E-state index in [0.717, 1.165) is 19.3 Å². The Balaban J connectivity index is 2.04. The largest absolute Gasteiger partial charge is 0.389 e. The molecule has 0 amide bonds. The summed E-state index contributed by atoms with van der Waals surface area (Å²) >= 11 is 0. The fourth-order valence-electron chi connectivity index (χ4n) is 2.40. The third kappa shape index (κ3) is 2.88. The molecule has 1 aliphatic carbocycles. The highest BCUT2D eigenvalue weighted by Crippen LogP contribution is 2.31. The van der Waals surface area contributed by atoms with Crippen LogP contribution in [0.4, 0.5) is 0 Å². The lowest BCUT2D eigenvalue weighted by Crippen LogP contribution is -2.38. The van der Waals surface area contributed by atoms with Crippen LogP contribution >= 0.6 is 0 Å². The molecule has 1 aliphatic rings. The number of fused-ring (bicyclic) bond motifs is 1. The molecule has 0 saturated heterocycles. The number of benzene rings is 1. The van der Waals surface area contributed by atoms with Crippen LogP contribution in [0.2, 0.25) is 0 Å². The maximum atomic E-state index is 10.0. The van der Waals surface area contributed by atoms with E-state index in [1.807, 2.05) is 13.8 Å². The summed E-state index contributed by atoms with van der Waals surface area (Å²) in [4.78, 5) is 0. The first-order valence-corrected chi connectivity index (χ1v) is 6.57. The van der Waals surface area contributed by atoms with Crippen molar-refractivity contribution in [1.29, 1.82) is 0 Å². The van der Waals surface area contributed by atoms with Gasteiger partial charge in [-0.15, -0.1) is 0 Å². The molecule has 0 spiro atoms. The lowest BCUT2D eigenvalue weighted by Gasteiger charge is -2.25. The van der Waals surface area contributed by atoms with E-state index >= 15 is 0 Å². The van der Waals surface area contributed by atoms with E-state index in [9.17, 15) is 5.11 Å². The third-order valence-corrected chi connectivity index (χ3v) is 3.87. The van der Waals surface area contributed by atoms with Gasteiger partial charge >= 0.3 is 0 Å². The number of aryl methyl sites for hydroxylation is 2. The monoisotopic (exact) mass is 233 g/mol. The summed E-state index contributed by atoms with van der Waals surface area (Å²) in [5, 5.41) is 13.5. The van der Waals surface area contributed by atoms with Crippen LogP contribution < -0.4 is 5.32 Å². The topological polar surface area (TPSA) is 32.3 Å². The van der Waals surface area contributed by atoms with Crippen molar-refractivity contribution >= 4 is 0 Å². The molecule has 0 radical (unpaired) electrons. The zero-order valence-corrected chi connectivity index (χ0v) is 11.1. The Bertz CT molecular complexity index is 398. The molecule has 0 aromatic heterocycles. The molecular weight excluding hydrogens is 210 g/mol. The maximum Gasteiger partial charge on any atom is 0.0741 e. The van der Waals surface area contributed by atoms with Crippen molar-refractivity contribution in [1.82, 2.24) is 5.32 Å². The maximum absolute atomic E-state index is 10.0. The van der Waals surface area contributed by atoms with Crippen LogP contribution in [0.15, 0.2) is 18.2 Å². The van der Waals surface area contributed by atoms with Gasteiger partial charge in [0.15, 0.2) is 0 Å². The quantitative estimate of drug-likeness (QED) is 0.838. The van der Waals surface area contributed by atoms with Gasteiger partial charge in [0.2, 0.25) is 0 Å². The lowest BCUT2D eigenvalue weighted by atomic mass is 10.0. The van der Waals surface area contributed by atoms with E-state index in [4.69, 9.17) is 0 Å². The molecular formula is C15H23NO. The first-order valence-electron chi connectivity index (χ1n) is 6.57. The molecule has 2 heteroatoms. The first kappa shape index (κ1) is 12.6. The standard InChI is InChI=1S/C15H23NO/c1-4-15(3,17)10-16-14-8-7-12-6-5-11(2)9-13(12)14/h5-6,9,14,16-17H,4,7-8,10H2,1-3H3. The molecule has 0 fully saturated rings. The highest BCUT2D eigenvalue weighted by Gasteiger charge is 2.25. The summed E-state index contributed by atoms with van der Waals surface area (Å²) in [6.45, 7) is 6.72. The minimum Gasteiger partial charge on any atom is -0.389 e. The van der Waals surface area contributed by atoms with Crippen molar-refractivity contribution in [2.24, 2.45) is 0 Å². The average Bonchev–Trinajstić information content (AvgIpc) is 2.69. The highest BCUT2D eigenvalue weighted by atomic mass is 16.3. The fourth-order valence-corrected chi connectivity index (χ4v) is 2.40. The van der Waals surface area contributed by atoms with E-state index < -0.39 is 5.60 Å². The second-order valence-electron chi connectivity index (χ2n) is 5.52. The molecule has 94 valence electrons. The van der Waals surface area contributed by atoms with Crippen LogP contribution in [-0.4, -0.2) is 17.3 Å². The molecule has 2 atom stereocenters. The van der Waals surface area contributed by atoms with Crippen molar-refractivity contribution in [3.8, 4) is 0 Å². The number of hydrogen-bond acceptors (Lipinski definition) is 2. The van der Waals surface area contributed by atoms with Gasteiger partial charge in [-0.1, -0.05) is 30.7 Å². The number of hydrogen-bond donors (Lipinski definition) is 2. The Morgan fingerprint density at radius 3 is 2.94 bits per heavy atom. The Kier molecular flexibility index (Phi) is 3.55. The normalized spacial score (nSPS) is 22.2. The molecule has 17 heavy (non-hydrogen) atoms. The molecule has 2 rings (SSSR count). The van der Waals surface area contributed by atoms with Gasteiger partial charge in [0, 0.05) is 12.6 Å². The summed E-state index contributed by atoms with van der Waals surface area (Å²) in [6.07, 6.45) is 3.09. The Labute approximate surface area is 104 Å². The second kappa shape index (κ2) is 4.79. The van der Waals surface area contributed by atoms with Gasteiger partial charge in [-0.2, -0.15) is 0 Å². The van der Waals surface area contributed by atoms with Crippen molar-refractivity contribution in [2.45, 2.75) is 51.7 Å². The van der Waals surface area contributed by atoms with E-state index in [-0.39, 0.29) is 0 Å². The number of rotatable bonds is 4. The fraction of sp³-hybridized carbons (Fsp3) is 0.600. The van der Waals surface area contributed by atoms with Gasteiger partial charge in [0.05, 0.1) is 5.60 Å². The van der Waals surface area contributed by atoms with Crippen molar-refractivity contribution in [3.05, 3.63) is 34.9 Å². The molecule has 0 saturated carbocycles. The molecule has 0 bridgehead atoms. The number of nitrogens with one attached hydrogen (secondary N) is 1. The van der Waals surface area contributed by atoms with Crippen LogP contribution in [0.3, 0.4) is 0 Å². The van der Waals surface area contributed by atoms with Gasteiger partial charge < -0.3 is 10.4 Å². The summed E-state index contributed by atoms with van der Waals surface area (Å²) < 4.78 is 0. The molecule has 1 aromatic rings. The summed E-state index contributed by atoms with van der Waals surface area (Å²) in [6, 6.07) is 7.12. The van der Waals surface area contributed by atoms with Crippen LogP contribution in [0.25, 0.3) is 0 Å². The van der Waals surface area contributed by atoms with Gasteiger partial charge in [0.25, 0.3) is 0 Å². The number of aliphatic hydroxyl groups is 1. The van der Waals surface area contributed by atoms with E-state index in [1.165, 1.54) is 16.7 Å². The summed E-state index contributed by atoms with van der Waals surface area (Å²) in [5.74, 6) is 0. The van der Waals surface area contributed by atoms with Crippen LogP contribution in [0.1, 0.15) is 49.4 Å². The molecule has 0 aliphatic heterocycles. The van der Waals surface area contributed by atoms with Crippen molar-refractivity contribution < 1.29 is 5.11 Å². The molecule has 0 heterocycles. The molecule has 2 unspecified atom stereocenters. The Hall–Kier alpha value is -0.860. The smallest absolute Gasteiger partial charge is 0.0741 e. The predicted octanol–water partition coefficient (Wildman–Crippen LogP) is 2.73. The minimum atomic E-state index is -0.591. The predicted molar refractivity (Wildman–Crippen MR) is 71.2 cm³/mol. The minimum absolute atomic E-state index is 0.419. The van der Waals surface area contributed by atoms with E-state index in [1.54, 1.807) is 0 Å². The van der Waals surface area contributed by atoms with Crippen LogP contribution in [0.5, 0.6) is 0 Å². The van der Waals surface area contributed by atoms with E-state index in [0.29, 0.717) is 12.6 Å². The highest BCUT2D eigenvalue weighted by molar-refractivity contribution is 5.37. The second-order valence-corrected chi connectivity index (χ2v) is 5.52. The molecule has 1 aromatic carbocycles. The Morgan fingerprint density at radius 2 is 2.24 bits per heavy atom. The molecule has 2 N–H and O–H groups in total. The Morgan fingerprint density at radius 1 is 1.47 bits per heavy atom. The lowest BCUT2D eigenvalue weighted by molar-refractivity contribution is 0.0528. The van der Waals surface area contributed by atoms with Crippen molar-refractivity contribution in [2.75, 3.05) is 6.54 Å². The zero-order chi connectivity index (χ0) is 12.5. The third-order valence-electron chi connectivity index (χ3n) is 3.87. The van der Waals surface area contributed by atoms with Crippen LogP contribution in [-0.2, 0) is 6.42 Å². The van der Waals surface area contributed by atoms with Gasteiger partial charge in [-0.25, -0.2) is 0 Å². The molecule has 2 nitrogen and oxygen atoms in total.